The van der Waals surface area contributed by atoms with Crippen LogP contribution in [0.1, 0.15) is 32.5 Å². The van der Waals surface area contributed by atoms with Crippen LogP contribution in [0.15, 0.2) is 23.2 Å². The Bertz CT molecular complexity index is 1370. The third kappa shape index (κ3) is 4.88. The van der Waals surface area contributed by atoms with Crippen molar-refractivity contribution in [2.24, 2.45) is 7.05 Å². The molecule has 188 valence electrons. The quantitative estimate of drug-likeness (QED) is 0.494. The molecule has 2 N–H and O–H groups in total. The van der Waals surface area contributed by atoms with Crippen LogP contribution in [0.3, 0.4) is 0 Å². The number of piperazine rings is 1. The van der Waals surface area contributed by atoms with Crippen molar-refractivity contribution in [3.63, 3.8) is 0 Å². The first-order valence-corrected chi connectivity index (χ1v) is 13.3. The number of hydrogen-bond donors (Lipinski definition) is 2. The van der Waals surface area contributed by atoms with Gasteiger partial charge >= 0.3 is 0 Å². The zero-order valence-corrected chi connectivity index (χ0v) is 21.6. The SMILES string of the molecule is COC[C@H]1CN(c2cc(S(=O)(=O)NC3(C)CC3)cc3c(-c4cn(C)nn4)nc(C)nc23)C[C@H](C)N1. The number of fused-ring (bicyclic) bond motifs is 1. The van der Waals surface area contributed by atoms with Crippen molar-refractivity contribution in [3.8, 4) is 11.4 Å². The highest BCUT2D eigenvalue weighted by Crippen LogP contribution is 2.38. The minimum absolute atomic E-state index is 0.102. The summed E-state index contributed by atoms with van der Waals surface area (Å²) in [6, 6.07) is 3.69. The van der Waals surface area contributed by atoms with Gasteiger partial charge < -0.3 is 15.0 Å². The summed E-state index contributed by atoms with van der Waals surface area (Å²) in [6.45, 7) is 7.78. The summed E-state index contributed by atoms with van der Waals surface area (Å²) in [4.78, 5) is 11.8. The molecule has 1 saturated heterocycles. The maximum atomic E-state index is 13.5. The highest BCUT2D eigenvalue weighted by molar-refractivity contribution is 7.89. The predicted molar refractivity (Wildman–Crippen MR) is 133 cm³/mol. The van der Waals surface area contributed by atoms with Crippen molar-refractivity contribution in [3.05, 3.63) is 24.2 Å². The van der Waals surface area contributed by atoms with Crippen LogP contribution < -0.4 is 14.9 Å². The van der Waals surface area contributed by atoms with E-state index in [1.807, 2.05) is 13.8 Å². The predicted octanol–water partition coefficient (Wildman–Crippen LogP) is 1.38. The lowest BCUT2D eigenvalue weighted by atomic mass is 10.1. The smallest absolute Gasteiger partial charge is 0.241 e. The average molecular weight is 501 g/mol. The minimum atomic E-state index is -3.76. The first-order valence-electron chi connectivity index (χ1n) is 11.8. The zero-order valence-electron chi connectivity index (χ0n) is 20.7. The van der Waals surface area contributed by atoms with E-state index in [4.69, 9.17) is 9.72 Å². The number of ether oxygens (including phenoxy) is 1. The monoisotopic (exact) mass is 500 g/mol. The van der Waals surface area contributed by atoms with Crippen LogP contribution in [0, 0.1) is 6.92 Å². The second-order valence-electron chi connectivity index (χ2n) is 10.0. The van der Waals surface area contributed by atoms with Crippen molar-refractivity contribution >= 4 is 26.6 Å². The van der Waals surface area contributed by atoms with E-state index in [1.165, 1.54) is 0 Å². The van der Waals surface area contributed by atoms with Gasteiger partial charge in [0.25, 0.3) is 0 Å². The highest BCUT2D eigenvalue weighted by atomic mass is 32.2. The Balaban J connectivity index is 1.72. The number of nitrogens with one attached hydrogen (secondary N) is 2. The fraction of sp³-hybridized carbons (Fsp3) is 0.565. The van der Waals surface area contributed by atoms with E-state index < -0.39 is 15.6 Å². The Labute approximate surface area is 205 Å². The summed E-state index contributed by atoms with van der Waals surface area (Å²) in [7, 11) is -0.297. The van der Waals surface area contributed by atoms with Crippen LogP contribution in [0.2, 0.25) is 0 Å². The van der Waals surface area contributed by atoms with Gasteiger partial charge in [0.2, 0.25) is 10.0 Å². The minimum Gasteiger partial charge on any atom is -0.383 e. The Morgan fingerprint density at radius 3 is 2.69 bits per heavy atom. The standard InChI is InChI=1S/C23H32N8O3S/c1-14-10-31(11-16(24-14)13-34-5)20-9-17(35(32,33)28-23(3)6-7-23)8-18-21(19-12-30(4)29-27-19)25-15(2)26-22(18)20/h8-9,12,14,16,24,28H,6-7,10-11,13H2,1-5H3/t14-,16+/m0/s1. The third-order valence-corrected chi connectivity index (χ3v) is 8.18. The van der Waals surface area contributed by atoms with Gasteiger partial charge in [0.1, 0.15) is 17.2 Å². The summed E-state index contributed by atoms with van der Waals surface area (Å²) >= 11 is 0. The van der Waals surface area contributed by atoms with Crippen molar-refractivity contribution in [1.82, 2.24) is 35.0 Å². The molecule has 1 saturated carbocycles. The summed E-state index contributed by atoms with van der Waals surface area (Å²) < 4.78 is 36.8. The van der Waals surface area contributed by atoms with Crippen molar-refractivity contribution in [2.45, 2.75) is 56.1 Å². The Morgan fingerprint density at radius 2 is 2.03 bits per heavy atom. The van der Waals surface area contributed by atoms with Crippen LogP contribution in [0.4, 0.5) is 5.69 Å². The first kappa shape index (κ1) is 24.0. The molecular weight excluding hydrogens is 468 g/mol. The van der Waals surface area contributed by atoms with Crippen molar-refractivity contribution in [2.75, 3.05) is 31.7 Å². The lowest BCUT2D eigenvalue weighted by Crippen LogP contribution is -2.57. The lowest BCUT2D eigenvalue weighted by molar-refractivity contribution is 0.156. The van der Waals surface area contributed by atoms with Gasteiger partial charge in [-0.3, -0.25) is 4.68 Å². The molecule has 12 heteroatoms. The molecule has 0 spiro atoms. The number of methoxy groups -OCH3 is 1. The van der Waals surface area contributed by atoms with Crippen LogP contribution >= 0.6 is 0 Å². The van der Waals surface area contributed by atoms with Crippen LogP contribution in [0.25, 0.3) is 22.3 Å². The van der Waals surface area contributed by atoms with Gasteiger partial charge in [-0.2, -0.15) is 0 Å². The number of nitrogens with zero attached hydrogens (tertiary/aromatic N) is 6. The maximum absolute atomic E-state index is 13.5. The molecule has 1 aromatic carbocycles. The Hall–Kier alpha value is -2.67. The van der Waals surface area contributed by atoms with Gasteiger partial charge in [-0.05, 0) is 45.7 Å². The third-order valence-electron chi connectivity index (χ3n) is 6.57. The summed E-state index contributed by atoms with van der Waals surface area (Å²) in [5.74, 6) is 0.579. The second-order valence-corrected chi connectivity index (χ2v) is 11.7. The van der Waals surface area contributed by atoms with Gasteiger partial charge in [0.15, 0.2) is 0 Å². The summed E-state index contributed by atoms with van der Waals surface area (Å²) in [5, 5.41) is 12.5. The molecule has 2 aliphatic rings. The molecule has 2 atom stereocenters. The van der Waals surface area contributed by atoms with Gasteiger partial charge in [0, 0.05) is 50.3 Å². The molecule has 35 heavy (non-hydrogen) atoms. The molecule has 3 heterocycles. The van der Waals surface area contributed by atoms with E-state index >= 15 is 0 Å². The van der Waals surface area contributed by atoms with Crippen LogP contribution in [-0.2, 0) is 21.8 Å². The van der Waals surface area contributed by atoms with Gasteiger partial charge in [-0.15, -0.1) is 5.10 Å². The molecule has 1 aliphatic carbocycles. The average Bonchev–Trinajstić information content (AvgIpc) is 3.33. The number of anilines is 1. The lowest BCUT2D eigenvalue weighted by Gasteiger charge is -2.39. The van der Waals surface area contributed by atoms with E-state index in [0.717, 1.165) is 18.5 Å². The number of rotatable bonds is 7. The summed E-state index contributed by atoms with van der Waals surface area (Å²) in [5.41, 5.74) is 2.19. The Kier molecular flexibility index (Phi) is 6.02. The molecule has 0 unspecified atom stereocenters. The Morgan fingerprint density at radius 1 is 1.26 bits per heavy atom. The zero-order chi connectivity index (χ0) is 25.0. The molecule has 0 amide bonds. The van der Waals surface area contributed by atoms with E-state index in [0.29, 0.717) is 47.8 Å². The van der Waals surface area contributed by atoms with Gasteiger partial charge in [-0.1, -0.05) is 5.21 Å². The van der Waals surface area contributed by atoms with E-state index in [9.17, 15) is 8.42 Å². The molecule has 2 aromatic heterocycles. The molecule has 1 aliphatic heterocycles. The molecular formula is C23H32N8O3S. The molecule has 0 bridgehead atoms. The molecule has 5 rings (SSSR count). The second kappa shape index (κ2) is 8.77. The molecule has 11 nitrogen and oxygen atoms in total. The highest BCUT2D eigenvalue weighted by Gasteiger charge is 2.41. The van der Waals surface area contributed by atoms with Crippen molar-refractivity contribution < 1.29 is 13.2 Å². The van der Waals surface area contributed by atoms with E-state index in [2.05, 4.69) is 37.2 Å². The van der Waals surface area contributed by atoms with E-state index in [1.54, 1.807) is 37.2 Å². The topological polar surface area (TPSA) is 127 Å². The number of benzene rings is 1. The number of aryl methyl sites for hydroxylation is 2. The molecule has 0 radical (unpaired) electrons. The van der Waals surface area contributed by atoms with Crippen LogP contribution in [0.5, 0.6) is 0 Å². The van der Waals surface area contributed by atoms with Crippen molar-refractivity contribution in [1.29, 1.82) is 0 Å². The maximum Gasteiger partial charge on any atom is 0.241 e. The molecule has 2 fully saturated rings. The fourth-order valence-corrected chi connectivity index (χ4v) is 6.21. The first-order chi connectivity index (χ1) is 16.6. The largest absolute Gasteiger partial charge is 0.383 e. The number of sulfonamides is 1. The molecule has 3 aromatic rings. The number of aromatic nitrogens is 5. The van der Waals surface area contributed by atoms with E-state index in [-0.39, 0.29) is 17.0 Å². The fourth-order valence-electron chi connectivity index (χ4n) is 4.70. The van der Waals surface area contributed by atoms with Gasteiger partial charge in [0.05, 0.1) is 28.9 Å². The number of hydrogen-bond acceptors (Lipinski definition) is 9. The normalized spacial score (nSPS) is 22.0. The van der Waals surface area contributed by atoms with Gasteiger partial charge in [-0.25, -0.2) is 23.1 Å². The summed E-state index contributed by atoms with van der Waals surface area (Å²) in [6.07, 6.45) is 3.43. The van der Waals surface area contributed by atoms with Crippen LogP contribution in [-0.4, -0.2) is 77.8 Å².